The first-order valence-electron chi connectivity index (χ1n) is 6.49. The Morgan fingerprint density at radius 2 is 2.21 bits per heavy atom. The first-order valence-corrected chi connectivity index (χ1v) is 7.72. The van der Waals surface area contributed by atoms with E-state index in [4.69, 9.17) is 5.11 Å². The van der Waals surface area contributed by atoms with Crippen LogP contribution < -0.4 is 5.32 Å². The number of hydrogen-bond donors (Lipinski definition) is 2. The summed E-state index contributed by atoms with van der Waals surface area (Å²) < 4.78 is 0. The summed E-state index contributed by atoms with van der Waals surface area (Å²) in [5.41, 5.74) is 1.10. The van der Waals surface area contributed by atoms with Gasteiger partial charge in [0.15, 0.2) is 0 Å². The first-order chi connectivity index (χ1) is 9.22. The molecule has 4 nitrogen and oxygen atoms in total. The molecule has 1 aromatic rings. The molecule has 1 saturated heterocycles. The zero-order chi connectivity index (χ0) is 13.7. The molecule has 19 heavy (non-hydrogen) atoms. The summed E-state index contributed by atoms with van der Waals surface area (Å²) in [5, 5.41) is 12.0. The Morgan fingerprint density at radius 1 is 1.47 bits per heavy atom. The van der Waals surface area contributed by atoms with E-state index in [2.05, 4.69) is 17.4 Å². The average molecular weight is 280 g/mol. The van der Waals surface area contributed by atoms with Crippen LogP contribution in [0.5, 0.6) is 0 Å². The molecule has 0 aliphatic carbocycles. The van der Waals surface area contributed by atoms with E-state index in [1.165, 1.54) is 4.90 Å². The Labute approximate surface area is 118 Å². The molecule has 0 bridgehead atoms. The molecule has 0 saturated carbocycles. The number of benzene rings is 1. The van der Waals surface area contributed by atoms with Crippen molar-refractivity contribution >= 4 is 17.8 Å². The van der Waals surface area contributed by atoms with E-state index in [0.29, 0.717) is 13.1 Å². The van der Waals surface area contributed by atoms with Gasteiger partial charge >= 0.3 is 6.03 Å². The molecule has 2 rings (SSSR count). The molecule has 0 spiro atoms. The number of urea groups is 1. The number of carbonyl (C=O) groups is 1. The van der Waals surface area contributed by atoms with Crippen molar-refractivity contribution in [3.63, 3.8) is 0 Å². The van der Waals surface area contributed by atoms with Gasteiger partial charge in [0.05, 0.1) is 0 Å². The number of rotatable bonds is 4. The van der Waals surface area contributed by atoms with Gasteiger partial charge in [-0.25, -0.2) is 4.79 Å². The second kappa shape index (κ2) is 6.82. The minimum absolute atomic E-state index is 0.0371. The van der Waals surface area contributed by atoms with E-state index in [0.717, 1.165) is 18.5 Å². The molecule has 1 unspecified atom stereocenters. The van der Waals surface area contributed by atoms with E-state index in [1.807, 2.05) is 18.4 Å². The lowest BCUT2D eigenvalue weighted by Gasteiger charge is -2.17. The average Bonchev–Trinajstić information content (AvgIpc) is 2.94. The Kier molecular flexibility index (Phi) is 5.10. The maximum absolute atomic E-state index is 11.9. The molecular weight excluding hydrogens is 260 g/mol. The number of nitrogens with zero attached hydrogens (tertiary/aromatic N) is 1. The lowest BCUT2D eigenvalue weighted by atomic mass is 10.1. The van der Waals surface area contributed by atoms with Gasteiger partial charge < -0.3 is 15.3 Å². The van der Waals surface area contributed by atoms with Crippen LogP contribution in [-0.2, 0) is 6.54 Å². The molecule has 5 heteroatoms. The van der Waals surface area contributed by atoms with Gasteiger partial charge in [-0.2, -0.15) is 0 Å². The highest BCUT2D eigenvalue weighted by molar-refractivity contribution is 7.98. The predicted molar refractivity (Wildman–Crippen MR) is 77.2 cm³/mol. The van der Waals surface area contributed by atoms with E-state index < -0.39 is 0 Å². The molecule has 1 atom stereocenters. The van der Waals surface area contributed by atoms with Crippen LogP contribution in [0.4, 0.5) is 4.79 Å². The van der Waals surface area contributed by atoms with Gasteiger partial charge in [-0.05, 0) is 30.4 Å². The van der Waals surface area contributed by atoms with Crippen LogP contribution in [0, 0.1) is 5.92 Å². The maximum atomic E-state index is 11.9. The van der Waals surface area contributed by atoms with Crippen molar-refractivity contribution in [3.05, 3.63) is 29.8 Å². The third-order valence-electron chi connectivity index (χ3n) is 3.43. The monoisotopic (exact) mass is 280 g/mol. The van der Waals surface area contributed by atoms with E-state index in [9.17, 15) is 4.79 Å². The van der Waals surface area contributed by atoms with Gasteiger partial charge in [0.2, 0.25) is 0 Å². The number of thioether (sulfide) groups is 1. The minimum atomic E-state index is -0.0371. The molecule has 104 valence electrons. The van der Waals surface area contributed by atoms with Crippen molar-refractivity contribution in [2.24, 2.45) is 5.92 Å². The van der Waals surface area contributed by atoms with Crippen LogP contribution in [0.1, 0.15) is 12.0 Å². The summed E-state index contributed by atoms with van der Waals surface area (Å²) in [6.45, 7) is 2.12. The largest absolute Gasteiger partial charge is 0.396 e. The lowest BCUT2D eigenvalue weighted by molar-refractivity contribution is 0.198. The maximum Gasteiger partial charge on any atom is 0.317 e. The number of amides is 2. The van der Waals surface area contributed by atoms with E-state index in [1.54, 1.807) is 16.7 Å². The van der Waals surface area contributed by atoms with Crippen LogP contribution in [0.15, 0.2) is 29.2 Å². The summed E-state index contributed by atoms with van der Waals surface area (Å²) in [6.07, 6.45) is 2.94. The fourth-order valence-electron chi connectivity index (χ4n) is 2.20. The highest BCUT2D eigenvalue weighted by Crippen LogP contribution is 2.16. The van der Waals surface area contributed by atoms with Crippen molar-refractivity contribution in [3.8, 4) is 0 Å². The van der Waals surface area contributed by atoms with Crippen LogP contribution in [0.2, 0.25) is 0 Å². The lowest BCUT2D eigenvalue weighted by Crippen LogP contribution is -2.38. The number of likely N-dealkylation sites (tertiary alicyclic amines) is 1. The fourth-order valence-corrected chi connectivity index (χ4v) is 2.61. The third kappa shape index (κ3) is 3.88. The quantitative estimate of drug-likeness (QED) is 0.829. The molecule has 1 aromatic carbocycles. The van der Waals surface area contributed by atoms with Crippen LogP contribution in [-0.4, -0.2) is 42.0 Å². The molecule has 1 aliphatic heterocycles. The second-order valence-corrected chi connectivity index (χ2v) is 5.67. The summed E-state index contributed by atoms with van der Waals surface area (Å²) >= 11 is 1.71. The van der Waals surface area contributed by atoms with Gasteiger partial charge in [-0.1, -0.05) is 12.1 Å². The SMILES string of the molecule is CSc1ccc(CNC(=O)N2CCC(CO)C2)cc1. The standard InChI is InChI=1S/C14H20N2O2S/c1-19-13-4-2-11(3-5-13)8-15-14(18)16-7-6-12(9-16)10-17/h2-5,12,17H,6-10H2,1H3,(H,15,18). The van der Waals surface area contributed by atoms with Gasteiger partial charge in [0.1, 0.15) is 0 Å². The Morgan fingerprint density at radius 3 is 2.79 bits per heavy atom. The van der Waals surface area contributed by atoms with Gasteiger partial charge in [-0.15, -0.1) is 11.8 Å². The fraction of sp³-hybridized carbons (Fsp3) is 0.500. The molecular formula is C14H20N2O2S. The molecule has 2 amide bonds. The van der Waals surface area contributed by atoms with Crippen molar-refractivity contribution in [2.75, 3.05) is 26.0 Å². The Balaban J connectivity index is 1.80. The van der Waals surface area contributed by atoms with Crippen molar-refractivity contribution in [1.29, 1.82) is 0 Å². The van der Waals surface area contributed by atoms with Crippen molar-refractivity contribution in [1.82, 2.24) is 10.2 Å². The second-order valence-electron chi connectivity index (χ2n) is 4.79. The highest BCUT2D eigenvalue weighted by Gasteiger charge is 2.25. The summed E-state index contributed by atoms with van der Waals surface area (Å²) in [4.78, 5) is 14.9. The molecule has 1 fully saturated rings. The molecule has 0 radical (unpaired) electrons. The summed E-state index contributed by atoms with van der Waals surface area (Å²) in [5.74, 6) is 0.242. The number of aliphatic hydroxyl groups excluding tert-OH is 1. The molecule has 1 heterocycles. The van der Waals surface area contributed by atoms with Crippen LogP contribution in [0.3, 0.4) is 0 Å². The normalized spacial score (nSPS) is 18.6. The minimum Gasteiger partial charge on any atom is -0.396 e. The van der Waals surface area contributed by atoms with E-state index in [-0.39, 0.29) is 18.6 Å². The molecule has 1 aliphatic rings. The van der Waals surface area contributed by atoms with Crippen molar-refractivity contribution < 1.29 is 9.90 Å². The summed E-state index contributed by atoms with van der Waals surface area (Å²) in [7, 11) is 0. The predicted octanol–water partition coefficient (Wildman–Crippen LogP) is 1.93. The topological polar surface area (TPSA) is 52.6 Å². The van der Waals surface area contributed by atoms with Crippen LogP contribution >= 0.6 is 11.8 Å². The van der Waals surface area contributed by atoms with Gasteiger partial charge in [-0.3, -0.25) is 0 Å². The molecule has 0 aromatic heterocycles. The smallest absolute Gasteiger partial charge is 0.317 e. The molecule has 2 N–H and O–H groups in total. The number of nitrogens with one attached hydrogen (secondary N) is 1. The number of carbonyl (C=O) groups excluding carboxylic acids is 1. The van der Waals surface area contributed by atoms with Gasteiger partial charge in [0.25, 0.3) is 0 Å². The van der Waals surface area contributed by atoms with Gasteiger partial charge in [0, 0.05) is 37.1 Å². The number of aliphatic hydroxyl groups is 1. The zero-order valence-corrected chi connectivity index (χ0v) is 11.9. The summed E-state index contributed by atoms with van der Waals surface area (Å²) in [6, 6.07) is 8.15. The Bertz CT molecular complexity index is 422. The van der Waals surface area contributed by atoms with Crippen molar-refractivity contribution in [2.45, 2.75) is 17.9 Å². The highest BCUT2D eigenvalue weighted by atomic mass is 32.2. The number of hydrogen-bond acceptors (Lipinski definition) is 3. The first kappa shape index (κ1) is 14.2. The van der Waals surface area contributed by atoms with Crippen LogP contribution in [0.25, 0.3) is 0 Å². The van der Waals surface area contributed by atoms with E-state index >= 15 is 0 Å². The zero-order valence-electron chi connectivity index (χ0n) is 11.1. The third-order valence-corrected chi connectivity index (χ3v) is 4.18. The Hall–Kier alpha value is -1.20.